The first-order valence-corrected chi connectivity index (χ1v) is 5.50. The number of halogens is 1. The summed E-state index contributed by atoms with van der Waals surface area (Å²) in [5.74, 6) is -1.37. The minimum Gasteiger partial charge on any atom is -0.362 e. The van der Waals surface area contributed by atoms with Crippen LogP contribution in [0.2, 0.25) is 0 Å². The molecule has 18 heavy (non-hydrogen) atoms. The van der Waals surface area contributed by atoms with Gasteiger partial charge in [-0.05, 0) is 17.7 Å². The van der Waals surface area contributed by atoms with Gasteiger partial charge >= 0.3 is 0 Å². The molecule has 2 rings (SSSR count). The Balaban J connectivity index is 2.22. The molecular weight excluding hydrogens is 239 g/mol. The normalized spacial score (nSPS) is 16.2. The number of rotatable bonds is 3. The first-order chi connectivity index (χ1) is 8.61. The highest BCUT2D eigenvalue weighted by molar-refractivity contribution is 5.98. The maximum atomic E-state index is 13.6. The number of morpholine rings is 1. The van der Waals surface area contributed by atoms with E-state index < -0.39 is 17.6 Å². The van der Waals surface area contributed by atoms with E-state index in [0.717, 1.165) is 10.5 Å². The van der Waals surface area contributed by atoms with Gasteiger partial charge in [0.2, 0.25) is 0 Å². The first kappa shape index (κ1) is 12.7. The van der Waals surface area contributed by atoms with Crippen molar-refractivity contribution in [1.82, 2.24) is 4.90 Å². The Kier molecular flexibility index (Phi) is 3.69. The fourth-order valence-corrected chi connectivity index (χ4v) is 1.74. The number of benzene rings is 1. The highest BCUT2D eigenvalue weighted by Crippen LogP contribution is 2.15. The molecule has 2 amide bonds. The van der Waals surface area contributed by atoms with Crippen LogP contribution in [0.4, 0.5) is 4.39 Å². The second-order valence-corrected chi connectivity index (χ2v) is 4.00. The third-order valence-electron chi connectivity index (χ3n) is 2.73. The molecular formula is C12H13FN2O3. The summed E-state index contributed by atoms with van der Waals surface area (Å²) in [5.41, 5.74) is 6.50. The number of amides is 2. The molecule has 1 aromatic rings. The third-order valence-corrected chi connectivity index (χ3v) is 2.73. The molecule has 1 aliphatic heterocycles. The van der Waals surface area contributed by atoms with E-state index in [1.807, 2.05) is 0 Å². The zero-order chi connectivity index (χ0) is 13.1. The number of hydrogen-bond acceptors (Lipinski definition) is 4. The number of nitrogens with two attached hydrogens (primary N) is 1. The highest BCUT2D eigenvalue weighted by Gasteiger charge is 2.27. The minimum absolute atomic E-state index is 0.0826. The third kappa shape index (κ3) is 2.55. The second kappa shape index (κ2) is 5.24. The molecule has 0 spiro atoms. The van der Waals surface area contributed by atoms with Crippen LogP contribution in [0.15, 0.2) is 18.2 Å². The zero-order valence-electron chi connectivity index (χ0n) is 9.69. The Morgan fingerprint density at radius 3 is 2.56 bits per heavy atom. The van der Waals surface area contributed by atoms with E-state index in [4.69, 9.17) is 10.5 Å². The smallest absolute Gasteiger partial charge is 0.255 e. The number of nitrogens with zero attached hydrogens (tertiary/aromatic N) is 1. The SMILES string of the molecule is NCc1ccc(F)c(CN2C(=O)COCC2=O)c1. The molecule has 1 aliphatic rings. The second-order valence-electron chi connectivity index (χ2n) is 4.00. The topological polar surface area (TPSA) is 72.6 Å². The van der Waals surface area contributed by atoms with E-state index in [9.17, 15) is 14.0 Å². The number of carbonyl (C=O) groups is 2. The molecule has 0 saturated carbocycles. The van der Waals surface area contributed by atoms with Gasteiger partial charge in [-0.25, -0.2) is 4.39 Å². The zero-order valence-corrected chi connectivity index (χ0v) is 9.69. The largest absolute Gasteiger partial charge is 0.362 e. The number of imide groups is 1. The number of carbonyl (C=O) groups excluding carboxylic acids is 2. The highest BCUT2D eigenvalue weighted by atomic mass is 19.1. The number of ether oxygens (including phenoxy) is 1. The molecule has 0 aromatic heterocycles. The van der Waals surface area contributed by atoms with Gasteiger partial charge in [-0.1, -0.05) is 6.07 Å². The maximum absolute atomic E-state index is 13.6. The maximum Gasteiger partial charge on any atom is 0.255 e. The van der Waals surface area contributed by atoms with E-state index in [1.165, 1.54) is 6.07 Å². The van der Waals surface area contributed by atoms with Gasteiger partial charge < -0.3 is 10.5 Å². The lowest BCUT2D eigenvalue weighted by Crippen LogP contribution is -2.45. The lowest BCUT2D eigenvalue weighted by Gasteiger charge is -2.25. The fourth-order valence-electron chi connectivity index (χ4n) is 1.74. The van der Waals surface area contributed by atoms with Crippen molar-refractivity contribution < 1.29 is 18.7 Å². The summed E-state index contributed by atoms with van der Waals surface area (Å²) in [4.78, 5) is 24.0. The molecule has 0 radical (unpaired) electrons. The number of hydrogen-bond donors (Lipinski definition) is 1. The molecule has 6 heteroatoms. The molecule has 1 saturated heterocycles. The standard InChI is InChI=1S/C12H13FN2O3/c13-10-2-1-8(4-14)3-9(10)5-15-11(16)6-18-7-12(15)17/h1-3H,4-7,14H2. The van der Waals surface area contributed by atoms with E-state index >= 15 is 0 Å². The summed E-state index contributed by atoms with van der Waals surface area (Å²) < 4.78 is 18.4. The lowest BCUT2D eigenvalue weighted by atomic mass is 10.1. The molecule has 1 aromatic carbocycles. The van der Waals surface area contributed by atoms with Crippen molar-refractivity contribution in [2.75, 3.05) is 13.2 Å². The summed E-state index contributed by atoms with van der Waals surface area (Å²) in [5, 5.41) is 0. The van der Waals surface area contributed by atoms with Crippen molar-refractivity contribution in [1.29, 1.82) is 0 Å². The van der Waals surface area contributed by atoms with Gasteiger partial charge in [-0.15, -0.1) is 0 Å². The predicted octanol–water partition coefficient (Wildman–Crippen LogP) is 0.170. The fraction of sp³-hybridized carbons (Fsp3) is 0.333. The first-order valence-electron chi connectivity index (χ1n) is 5.50. The Morgan fingerprint density at radius 1 is 1.28 bits per heavy atom. The van der Waals surface area contributed by atoms with Crippen molar-refractivity contribution in [3.05, 3.63) is 35.1 Å². The molecule has 2 N–H and O–H groups in total. The Bertz CT molecular complexity index is 474. The van der Waals surface area contributed by atoms with Crippen molar-refractivity contribution in [2.45, 2.75) is 13.1 Å². The molecule has 1 fully saturated rings. The molecule has 0 bridgehead atoms. The van der Waals surface area contributed by atoms with Gasteiger partial charge in [-0.3, -0.25) is 14.5 Å². The van der Waals surface area contributed by atoms with Gasteiger partial charge in [0.15, 0.2) is 0 Å². The van der Waals surface area contributed by atoms with Gasteiger partial charge in [0, 0.05) is 12.1 Å². The van der Waals surface area contributed by atoms with Gasteiger partial charge in [0.25, 0.3) is 11.8 Å². The average Bonchev–Trinajstić information content (AvgIpc) is 2.36. The van der Waals surface area contributed by atoms with E-state index in [1.54, 1.807) is 12.1 Å². The predicted molar refractivity (Wildman–Crippen MR) is 60.7 cm³/mol. The van der Waals surface area contributed by atoms with E-state index in [2.05, 4.69) is 0 Å². The summed E-state index contributed by atoms with van der Waals surface area (Å²) >= 11 is 0. The van der Waals surface area contributed by atoms with Crippen LogP contribution in [-0.4, -0.2) is 29.9 Å². The summed E-state index contributed by atoms with van der Waals surface area (Å²) in [7, 11) is 0. The monoisotopic (exact) mass is 252 g/mol. The van der Waals surface area contributed by atoms with Gasteiger partial charge in [0.1, 0.15) is 19.0 Å². The molecule has 0 unspecified atom stereocenters. The molecule has 5 nitrogen and oxygen atoms in total. The van der Waals surface area contributed by atoms with Gasteiger partial charge in [-0.2, -0.15) is 0 Å². The van der Waals surface area contributed by atoms with E-state index in [-0.39, 0.29) is 31.9 Å². The molecule has 1 heterocycles. The van der Waals surface area contributed by atoms with Crippen LogP contribution in [-0.2, 0) is 27.4 Å². The van der Waals surface area contributed by atoms with Crippen LogP contribution in [0, 0.1) is 5.82 Å². The van der Waals surface area contributed by atoms with Crippen LogP contribution in [0.5, 0.6) is 0 Å². The summed E-state index contributed by atoms with van der Waals surface area (Å²) in [6.45, 7) is -0.104. The van der Waals surface area contributed by atoms with Crippen molar-refractivity contribution in [2.24, 2.45) is 5.73 Å². The molecule has 96 valence electrons. The van der Waals surface area contributed by atoms with Crippen molar-refractivity contribution in [3.8, 4) is 0 Å². The lowest BCUT2D eigenvalue weighted by molar-refractivity contribution is -0.159. The average molecular weight is 252 g/mol. The Hall–Kier alpha value is -1.79. The van der Waals surface area contributed by atoms with Crippen molar-refractivity contribution >= 4 is 11.8 Å². The minimum atomic E-state index is -0.459. The molecule has 0 aliphatic carbocycles. The Morgan fingerprint density at radius 2 is 1.94 bits per heavy atom. The van der Waals surface area contributed by atoms with Gasteiger partial charge in [0.05, 0.1) is 6.54 Å². The Labute approximate surface area is 103 Å². The van der Waals surface area contributed by atoms with Crippen LogP contribution in [0.1, 0.15) is 11.1 Å². The molecule has 0 atom stereocenters. The summed E-state index contributed by atoms with van der Waals surface area (Å²) in [6, 6.07) is 4.42. The quantitative estimate of drug-likeness (QED) is 0.778. The van der Waals surface area contributed by atoms with Crippen LogP contribution < -0.4 is 5.73 Å². The van der Waals surface area contributed by atoms with Crippen LogP contribution in [0.25, 0.3) is 0 Å². The van der Waals surface area contributed by atoms with E-state index in [0.29, 0.717) is 0 Å². The summed E-state index contributed by atoms with van der Waals surface area (Å²) in [6.07, 6.45) is 0. The van der Waals surface area contributed by atoms with Crippen molar-refractivity contribution in [3.63, 3.8) is 0 Å². The van der Waals surface area contributed by atoms with Crippen LogP contribution in [0.3, 0.4) is 0 Å². The van der Waals surface area contributed by atoms with Crippen LogP contribution >= 0.6 is 0 Å².